The molecule has 2 aromatic heterocycles. The van der Waals surface area contributed by atoms with Gasteiger partial charge in [-0.1, -0.05) is 0 Å². The number of hydrogen-bond donors (Lipinski definition) is 1. The van der Waals surface area contributed by atoms with Gasteiger partial charge in [-0.15, -0.1) is 0 Å². The Morgan fingerprint density at radius 2 is 1.79 bits per heavy atom. The zero-order chi connectivity index (χ0) is 23.8. The minimum absolute atomic E-state index is 0.0123. The quantitative estimate of drug-likeness (QED) is 0.462. The highest BCUT2D eigenvalue weighted by molar-refractivity contribution is 9.10. The van der Waals surface area contributed by atoms with Crippen LogP contribution in [0.4, 0.5) is 5.69 Å². The second-order valence-corrected chi connectivity index (χ2v) is 10.8. The highest BCUT2D eigenvalue weighted by Gasteiger charge is 2.30. The average molecular weight is 537 g/mol. The summed E-state index contributed by atoms with van der Waals surface area (Å²) in [5.74, 6) is -0.326. The fraction of sp³-hybridized carbons (Fsp3) is 0.364. The molecule has 0 radical (unpaired) electrons. The number of halogens is 1. The fourth-order valence-corrected chi connectivity index (χ4v) is 5.64. The Labute approximate surface area is 200 Å². The van der Waals surface area contributed by atoms with E-state index in [4.69, 9.17) is 4.74 Å². The lowest BCUT2D eigenvalue weighted by Gasteiger charge is -2.35. The van der Waals surface area contributed by atoms with Crippen molar-refractivity contribution < 1.29 is 23.1 Å². The number of benzene rings is 1. The molecule has 3 aromatic rings. The van der Waals surface area contributed by atoms with Gasteiger partial charge in [0.05, 0.1) is 16.7 Å². The molecule has 33 heavy (non-hydrogen) atoms. The van der Waals surface area contributed by atoms with Crippen molar-refractivity contribution in [2.75, 3.05) is 31.1 Å². The number of hydrogen-bond acceptors (Lipinski definition) is 6. The van der Waals surface area contributed by atoms with Gasteiger partial charge in [0.2, 0.25) is 10.0 Å². The zero-order valence-electron chi connectivity index (χ0n) is 18.3. The number of carboxylic acid groups (broad SMARTS) is 1. The molecule has 0 aliphatic carbocycles. The maximum atomic E-state index is 13.1. The van der Waals surface area contributed by atoms with Crippen LogP contribution in [0.3, 0.4) is 0 Å². The van der Waals surface area contributed by atoms with Crippen molar-refractivity contribution in [3.05, 3.63) is 47.2 Å². The van der Waals surface area contributed by atoms with Crippen LogP contribution in [0, 0.1) is 0 Å². The Kier molecular flexibility index (Phi) is 6.64. The van der Waals surface area contributed by atoms with Crippen molar-refractivity contribution in [3.8, 4) is 5.75 Å². The summed E-state index contributed by atoms with van der Waals surface area (Å²) in [6, 6.07) is 10.2. The molecule has 0 unspecified atom stereocenters. The first kappa shape index (κ1) is 23.5. The number of carboxylic acids is 1. The summed E-state index contributed by atoms with van der Waals surface area (Å²) in [5.41, 5.74) is 1.42. The maximum Gasteiger partial charge on any atom is 0.323 e. The summed E-state index contributed by atoms with van der Waals surface area (Å²) < 4.78 is 35.5. The first-order chi connectivity index (χ1) is 15.6. The highest BCUT2D eigenvalue weighted by Crippen LogP contribution is 2.31. The topological polar surface area (TPSA) is 105 Å². The SMILES string of the molecule is CC(C)Oc1ccc(S(=O)(=O)N2CCN(c3cn(CC(=O)O)c4nc(Br)ccc34)CC2)cc1. The van der Waals surface area contributed by atoms with E-state index < -0.39 is 16.0 Å². The lowest BCUT2D eigenvalue weighted by atomic mass is 10.2. The van der Waals surface area contributed by atoms with Gasteiger partial charge < -0.3 is 19.3 Å². The minimum Gasteiger partial charge on any atom is -0.491 e. The number of pyridine rings is 1. The monoisotopic (exact) mass is 536 g/mol. The van der Waals surface area contributed by atoms with Gasteiger partial charge in [-0.3, -0.25) is 4.79 Å². The van der Waals surface area contributed by atoms with Gasteiger partial charge in [0, 0.05) is 37.8 Å². The average Bonchev–Trinajstić information content (AvgIpc) is 3.10. The van der Waals surface area contributed by atoms with Crippen molar-refractivity contribution in [1.82, 2.24) is 13.9 Å². The van der Waals surface area contributed by atoms with Gasteiger partial charge in [-0.05, 0) is 66.2 Å². The molecule has 0 bridgehead atoms. The lowest BCUT2D eigenvalue weighted by molar-refractivity contribution is -0.137. The molecule has 1 fully saturated rings. The molecule has 0 saturated carbocycles. The number of aliphatic carboxylic acids is 1. The van der Waals surface area contributed by atoms with Gasteiger partial charge >= 0.3 is 5.97 Å². The van der Waals surface area contributed by atoms with Crippen LogP contribution in [0.15, 0.2) is 52.1 Å². The number of nitrogens with zero attached hydrogens (tertiary/aromatic N) is 4. The molecule has 1 aliphatic heterocycles. The summed E-state index contributed by atoms with van der Waals surface area (Å²) in [5, 5.41) is 10.1. The smallest absolute Gasteiger partial charge is 0.323 e. The number of sulfonamides is 1. The molecule has 9 nitrogen and oxygen atoms in total. The largest absolute Gasteiger partial charge is 0.491 e. The van der Waals surface area contributed by atoms with Gasteiger partial charge in [0.15, 0.2) is 0 Å². The first-order valence-electron chi connectivity index (χ1n) is 10.5. The molecule has 0 atom stereocenters. The molecule has 11 heteroatoms. The van der Waals surface area contributed by atoms with Gasteiger partial charge in [0.25, 0.3) is 0 Å². The molecular weight excluding hydrogens is 512 g/mol. The Morgan fingerprint density at radius 3 is 2.39 bits per heavy atom. The predicted molar refractivity (Wildman–Crippen MR) is 128 cm³/mol. The number of ether oxygens (including phenoxy) is 1. The van der Waals surface area contributed by atoms with Crippen LogP contribution in [-0.2, 0) is 21.4 Å². The van der Waals surface area contributed by atoms with Crippen LogP contribution in [0.5, 0.6) is 5.75 Å². The second kappa shape index (κ2) is 9.32. The van der Waals surface area contributed by atoms with E-state index in [1.165, 1.54) is 4.31 Å². The van der Waals surface area contributed by atoms with Crippen LogP contribution >= 0.6 is 15.9 Å². The fourth-order valence-electron chi connectivity index (χ4n) is 3.92. The molecule has 0 spiro atoms. The third-order valence-corrected chi connectivity index (χ3v) is 7.74. The molecule has 1 aromatic carbocycles. The second-order valence-electron chi connectivity index (χ2n) is 8.07. The van der Waals surface area contributed by atoms with E-state index in [9.17, 15) is 18.3 Å². The number of anilines is 1. The van der Waals surface area contributed by atoms with Crippen molar-refractivity contribution in [1.29, 1.82) is 0 Å². The van der Waals surface area contributed by atoms with E-state index in [-0.39, 0.29) is 17.5 Å². The zero-order valence-corrected chi connectivity index (χ0v) is 20.7. The molecule has 0 amide bonds. The molecule has 4 rings (SSSR count). The lowest BCUT2D eigenvalue weighted by Crippen LogP contribution is -2.48. The van der Waals surface area contributed by atoms with E-state index in [2.05, 4.69) is 25.8 Å². The van der Waals surface area contributed by atoms with Crippen molar-refractivity contribution in [2.24, 2.45) is 0 Å². The number of fused-ring (bicyclic) bond motifs is 1. The molecule has 1 saturated heterocycles. The molecular formula is C22H25BrN4O5S. The van der Waals surface area contributed by atoms with E-state index >= 15 is 0 Å². The number of rotatable bonds is 7. The summed E-state index contributed by atoms with van der Waals surface area (Å²) in [6.45, 7) is 5.23. The summed E-state index contributed by atoms with van der Waals surface area (Å²) in [6.07, 6.45) is 1.79. The Bertz CT molecular complexity index is 1270. The third kappa shape index (κ3) is 4.99. The minimum atomic E-state index is -3.62. The third-order valence-electron chi connectivity index (χ3n) is 5.39. The van der Waals surface area contributed by atoms with Crippen LogP contribution in [0.2, 0.25) is 0 Å². The van der Waals surface area contributed by atoms with E-state index in [1.807, 2.05) is 26.0 Å². The normalized spacial score (nSPS) is 15.3. The Hall–Kier alpha value is -2.63. The van der Waals surface area contributed by atoms with Crippen molar-refractivity contribution in [2.45, 2.75) is 31.4 Å². The van der Waals surface area contributed by atoms with Crippen molar-refractivity contribution >= 4 is 48.6 Å². The first-order valence-corrected chi connectivity index (χ1v) is 12.8. The molecule has 176 valence electrons. The highest BCUT2D eigenvalue weighted by atomic mass is 79.9. The van der Waals surface area contributed by atoms with E-state index in [0.717, 1.165) is 11.1 Å². The van der Waals surface area contributed by atoms with Gasteiger partial charge in [-0.25, -0.2) is 13.4 Å². The van der Waals surface area contributed by atoms with Gasteiger partial charge in [-0.2, -0.15) is 4.31 Å². The number of carbonyl (C=O) groups is 1. The summed E-state index contributed by atoms with van der Waals surface area (Å²) in [4.78, 5) is 18.0. The predicted octanol–water partition coefficient (Wildman–Crippen LogP) is 3.18. The van der Waals surface area contributed by atoms with Crippen LogP contribution in [0.1, 0.15) is 13.8 Å². The maximum absolute atomic E-state index is 13.1. The standard InChI is InChI=1S/C22H25BrN4O5S/c1-15(2)32-16-3-5-17(6-4-16)33(30,31)27-11-9-25(10-12-27)19-13-26(14-21(28)29)22-18(19)7-8-20(23)24-22/h3-8,13,15H,9-12,14H2,1-2H3,(H,28,29). The Morgan fingerprint density at radius 1 is 1.12 bits per heavy atom. The van der Waals surface area contributed by atoms with E-state index in [1.54, 1.807) is 35.0 Å². The van der Waals surface area contributed by atoms with Crippen LogP contribution < -0.4 is 9.64 Å². The van der Waals surface area contributed by atoms with Crippen LogP contribution in [-0.4, -0.2) is 65.6 Å². The number of aromatic nitrogens is 2. The van der Waals surface area contributed by atoms with Gasteiger partial charge in [0.1, 0.15) is 22.5 Å². The Balaban J connectivity index is 1.52. The molecule has 3 heterocycles. The summed E-state index contributed by atoms with van der Waals surface area (Å²) in [7, 11) is -3.62. The van der Waals surface area contributed by atoms with Crippen LogP contribution in [0.25, 0.3) is 11.0 Å². The molecule has 1 N–H and O–H groups in total. The summed E-state index contributed by atoms with van der Waals surface area (Å²) >= 11 is 3.34. The van der Waals surface area contributed by atoms with E-state index in [0.29, 0.717) is 42.2 Å². The van der Waals surface area contributed by atoms with Crippen molar-refractivity contribution in [3.63, 3.8) is 0 Å². The number of piperazine rings is 1. The molecule has 1 aliphatic rings.